The predicted octanol–water partition coefficient (Wildman–Crippen LogP) is 4.41. The SMILES string of the molecule is O=C(O)c1cc2c(cc1O)[C@@H]1CCCC[C@@H]1[C@H](c1ccc(O)cc1)C2. The van der Waals surface area contributed by atoms with Gasteiger partial charge in [0.05, 0.1) is 0 Å². The normalized spacial score (nSPS) is 25.0. The molecule has 130 valence electrons. The Morgan fingerprint density at radius 1 is 0.960 bits per heavy atom. The van der Waals surface area contributed by atoms with E-state index in [1.165, 1.54) is 18.4 Å². The molecule has 2 aliphatic carbocycles. The molecule has 1 saturated carbocycles. The molecular weight excluding hydrogens is 316 g/mol. The average molecular weight is 338 g/mol. The fourth-order valence-electron chi connectivity index (χ4n) is 4.84. The number of carboxylic acids is 1. The predicted molar refractivity (Wildman–Crippen MR) is 94.3 cm³/mol. The number of phenols is 2. The van der Waals surface area contributed by atoms with E-state index in [1.54, 1.807) is 24.3 Å². The van der Waals surface area contributed by atoms with Gasteiger partial charge in [-0.1, -0.05) is 25.0 Å². The lowest BCUT2D eigenvalue weighted by molar-refractivity contribution is 0.0693. The van der Waals surface area contributed by atoms with Gasteiger partial charge in [-0.05, 0) is 78.0 Å². The summed E-state index contributed by atoms with van der Waals surface area (Å²) in [6.45, 7) is 0. The summed E-state index contributed by atoms with van der Waals surface area (Å²) in [5, 5.41) is 29.0. The lowest BCUT2D eigenvalue weighted by Gasteiger charge is -2.43. The number of aromatic hydroxyl groups is 2. The highest BCUT2D eigenvalue weighted by molar-refractivity contribution is 5.91. The first-order chi connectivity index (χ1) is 12.0. The van der Waals surface area contributed by atoms with Crippen molar-refractivity contribution >= 4 is 5.97 Å². The Hall–Kier alpha value is -2.49. The highest BCUT2D eigenvalue weighted by Gasteiger charge is 2.39. The van der Waals surface area contributed by atoms with E-state index in [1.807, 2.05) is 12.1 Å². The van der Waals surface area contributed by atoms with Crippen molar-refractivity contribution in [2.75, 3.05) is 0 Å². The van der Waals surface area contributed by atoms with Gasteiger partial charge in [0.2, 0.25) is 0 Å². The number of phenolic OH excluding ortho intramolecular Hbond substituents is 1. The highest BCUT2D eigenvalue weighted by Crippen LogP contribution is 2.52. The molecule has 4 heteroatoms. The van der Waals surface area contributed by atoms with Crippen LogP contribution in [0.2, 0.25) is 0 Å². The van der Waals surface area contributed by atoms with Crippen molar-refractivity contribution in [1.29, 1.82) is 0 Å². The average Bonchev–Trinajstić information content (AvgIpc) is 2.61. The number of hydrogen-bond acceptors (Lipinski definition) is 3. The molecule has 4 rings (SSSR count). The Labute approximate surface area is 146 Å². The number of rotatable bonds is 2. The van der Waals surface area contributed by atoms with Crippen molar-refractivity contribution in [3.63, 3.8) is 0 Å². The molecule has 0 amide bonds. The summed E-state index contributed by atoms with van der Waals surface area (Å²) in [5.74, 6) is 0.236. The summed E-state index contributed by atoms with van der Waals surface area (Å²) in [5.41, 5.74) is 3.35. The van der Waals surface area contributed by atoms with Crippen LogP contribution in [-0.2, 0) is 6.42 Å². The van der Waals surface area contributed by atoms with Gasteiger partial charge in [0.15, 0.2) is 0 Å². The van der Waals surface area contributed by atoms with Gasteiger partial charge in [0.1, 0.15) is 17.1 Å². The van der Waals surface area contributed by atoms with Crippen molar-refractivity contribution in [2.45, 2.75) is 43.9 Å². The van der Waals surface area contributed by atoms with Crippen molar-refractivity contribution < 1.29 is 20.1 Å². The molecule has 2 aromatic carbocycles. The highest BCUT2D eigenvalue weighted by atomic mass is 16.4. The summed E-state index contributed by atoms with van der Waals surface area (Å²) in [6.07, 6.45) is 5.39. The van der Waals surface area contributed by atoms with Gasteiger partial charge in [-0.15, -0.1) is 0 Å². The molecule has 25 heavy (non-hydrogen) atoms. The first kappa shape index (κ1) is 16.0. The summed E-state index contributed by atoms with van der Waals surface area (Å²) in [7, 11) is 0. The van der Waals surface area contributed by atoms with Crippen molar-refractivity contribution in [3.8, 4) is 11.5 Å². The van der Waals surface area contributed by atoms with Crippen molar-refractivity contribution in [3.05, 3.63) is 58.7 Å². The second kappa shape index (κ2) is 6.10. The molecule has 2 aromatic rings. The van der Waals surface area contributed by atoms with Crippen LogP contribution in [-0.4, -0.2) is 21.3 Å². The van der Waals surface area contributed by atoms with Gasteiger partial charge in [-0.25, -0.2) is 4.79 Å². The summed E-state index contributed by atoms with van der Waals surface area (Å²) >= 11 is 0. The first-order valence-corrected chi connectivity index (χ1v) is 8.92. The molecule has 0 unspecified atom stereocenters. The Bertz CT molecular complexity index is 809. The van der Waals surface area contributed by atoms with Gasteiger partial charge in [0, 0.05) is 0 Å². The van der Waals surface area contributed by atoms with Gasteiger partial charge >= 0.3 is 5.97 Å². The smallest absolute Gasteiger partial charge is 0.339 e. The number of fused-ring (bicyclic) bond motifs is 3. The fraction of sp³-hybridized carbons (Fsp3) is 0.381. The quantitative estimate of drug-likeness (QED) is 0.758. The van der Waals surface area contributed by atoms with Crippen molar-refractivity contribution in [1.82, 2.24) is 0 Å². The molecule has 0 aliphatic heterocycles. The molecule has 1 fully saturated rings. The van der Waals surface area contributed by atoms with Gasteiger partial charge in [-0.3, -0.25) is 0 Å². The Balaban J connectivity index is 1.80. The molecule has 0 radical (unpaired) electrons. The van der Waals surface area contributed by atoms with Gasteiger partial charge < -0.3 is 15.3 Å². The standard InChI is InChI=1S/C21H22O4/c22-14-7-5-12(6-8-14)17-9-13-10-19(21(24)25)20(23)11-18(13)16-4-2-1-3-15(16)17/h5-8,10-11,15-17,22-23H,1-4,9H2,(H,24,25)/t15-,16+,17-/m0/s1. The van der Waals surface area contributed by atoms with E-state index in [2.05, 4.69) is 0 Å². The largest absolute Gasteiger partial charge is 0.508 e. The van der Waals surface area contributed by atoms with Crippen molar-refractivity contribution in [2.24, 2.45) is 5.92 Å². The Kier molecular flexibility index (Phi) is 3.91. The minimum absolute atomic E-state index is 0.0162. The third kappa shape index (κ3) is 2.76. The zero-order valence-electron chi connectivity index (χ0n) is 14.0. The van der Waals surface area contributed by atoms with Crippen LogP contribution in [0.5, 0.6) is 11.5 Å². The number of benzene rings is 2. The maximum atomic E-state index is 11.4. The molecule has 0 bridgehead atoms. The number of aromatic carboxylic acids is 1. The second-order valence-electron chi connectivity index (χ2n) is 7.33. The van der Waals surface area contributed by atoms with Crippen LogP contribution in [0.1, 0.15) is 64.6 Å². The third-order valence-corrected chi connectivity index (χ3v) is 5.98. The zero-order valence-corrected chi connectivity index (χ0v) is 14.0. The number of carboxylic acid groups (broad SMARTS) is 1. The van der Waals surface area contributed by atoms with Crippen LogP contribution in [0.4, 0.5) is 0 Å². The molecule has 0 aromatic heterocycles. The van der Waals surface area contributed by atoms with Gasteiger partial charge in [-0.2, -0.15) is 0 Å². The number of hydrogen-bond donors (Lipinski definition) is 3. The Morgan fingerprint density at radius 2 is 1.68 bits per heavy atom. The zero-order chi connectivity index (χ0) is 17.6. The summed E-state index contributed by atoms with van der Waals surface area (Å²) < 4.78 is 0. The fourth-order valence-corrected chi connectivity index (χ4v) is 4.84. The van der Waals surface area contributed by atoms with E-state index in [-0.39, 0.29) is 17.1 Å². The molecule has 0 spiro atoms. The van der Waals surface area contributed by atoms with E-state index in [0.29, 0.717) is 17.8 Å². The first-order valence-electron chi connectivity index (χ1n) is 8.92. The van der Waals surface area contributed by atoms with E-state index in [0.717, 1.165) is 30.4 Å². The molecule has 2 aliphatic rings. The molecule has 3 N–H and O–H groups in total. The Morgan fingerprint density at radius 3 is 2.40 bits per heavy atom. The molecule has 4 nitrogen and oxygen atoms in total. The van der Waals surface area contributed by atoms with Crippen LogP contribution in [0.15, 0.2) is 36.4 Å². The second-order valence-corrected chi connectivity index (χ2v) is 7.33. The lowest BCUT2D eigenvalue weighted by Crippen LogP contribution is -2.31. The van der Waals surface area contributed by atoms with E-state index < -0.39 is 5.97 Å². The topological polar surface area (TPSA) is 77.8 Å². The molecule has 3 atom stereocenters. The maximum Gasteiger partial charge on any atom is 0.339 e. The molecular formula is C21H22O4. The maximum absolute atomic E-state index is 11.4. The summed E-state index contributed by atoms with van der Waals surface area (Å²) in [4.78, 5) is 11.4. The van der Waals surface area contributed by atoms with Crippen LogP contribution < -0.4 is 0 Å². The van der Waals surface area contributed by atoms with E-state index >= 15 is 0 Å². The van der Waals surface area contributed by atoms with Gasteiger partial charge in [0.25, 0.3) is 0 Å². The van der Waals surface area contributed by atoms with E-state index in [4.69, 9.17) is 0 Å². The van der Waals surface area contributed by atoms with Crippen LogP contribution in [0.25, 0.3) is 0 Å². The van der Waals surface area contributed by atoms with Crippen LogP contribution >= 0.6 is 0 Å². The monoisotopic (exact) mass is 338 g/mol. The minimum Gasteiger partial charge on any atom is -0.508 e. The molecule has 0 saturated heterocycles. The van der Waals surface area contributed by atoms with Crippen LogP contribution in [0.3, 0.4) is 0 Å². The summed E-state index contributed by atoms with van der Waals surface area (Å²) in [6, 6.07) is 10.8. The van der Waals surface area contributed by atoms with E-state index in [9.17, 15) is 20.1 Å². The lowest BCUT2D eigenvalue weighted by atomic mass is 9.61. The minimum atomic E-state index is -1.09. The van der Waals surface area contributed by atoms with Crippen LogP contribution in [0, 0.1) is 5.92 Å². The third-order valence-electron chi connectivity index (χ3n) is 5.98. The molecule has 0 heterocycles. The number of carbonyl (C=O) groups is 1.